The average Bonchev–Trinajstić information content (AvgIpc) is 2.74. The van der Waals surface area contributed by atoms with E-state index in [2.05, 4.69) is 26.0 Å². The lowest BCUT2D eigenvalue weighted by molar-refractivity contribution is 0.175. The molecule has 0 aliphatic carbocycles. The number of hydrogen-bond donors (Lipinski definition) is 0. The zero-order chi connectivity index (χ0) is 21.0. The minimum atomic E-state index is -0.304. The molecule has 0 saturated carbocycles. The van der Waals surface area contributed by atoms with Gasteiger partial charge < -0.3 is 18.9 Å². The molecule has 0 unspecified atom stereocenters. The minimum absolute atomic E-state index is 0.304. The lowest BCUT2D eigenvalue weighted by Crippen LogP contribution is -2.22. The van der Waals surface area contributed by atoms with Crippen molar-refractivity contribution in [1.29, 1.82) is 0 Å². The van der Waals surface area contributed by atoms with Gasteiger partial charge in [0.2, 0.25) is 0 Å². The molecule has 4 heteroatoms. The van der Waals surface area contributed by atoms with E-state index in [-0.39, 0.29) is 5.41 Å². The zero-order valence-corrected chi connectivity index (χ0v) is 17.9. The van der Waals surface area contributed by atoms with E-state index < -0.39 is 0 Å². The highest BCUT2D eigenvalue weighted by Crippen LogP contribution is 2.41. The average molecular weight is 397 g/mol. The monoisotopic (exact) mass is 396 g/mol. The summed E-state index contributed by atoms with van der Waals surface area (Å²) in [6.45, 7) is 10.2. The molecule has 0 amide bonds. The van der Waals surface area contributed by atoms with Gasteiger partial charge in [0.05, 0.1) is 12.5 Å². The van der Waals surface area contributed by atoms with Crippen molar-refractivity contribution in [2.24, 2.45) is 0 Å². The fraction of sp³-hybridized carbons (Fsp3) is 0.360. The standard InChI is InChI=1S/C25H32O4/c1-5-15-26-17-19-28-23-13-9-7-11-21(23)25(3,4)22-12-8-10-14-24(22)29-20-18-27-16-6-2/h5-16H,17-20H2,1-4H3. The van der Waals surface area contributed by atoms with Gasteiger partial charge in [-0.05, 0) is 26.0 Å². The molecule has 0 spiro atoms. The molecule has 0 N–H and O–H groups in total. The fourth-order valence-electron chi connectivity index (χ4n) is 3.09. The second kappa shape index (κ2) is 11.8. The van der Waals surface area contributed by atoms with Crippen molar-refractivity contribution in [2.75, 3.05) is 26.4 Å². The summed E-state index contributed by atoms with van der Waals surface area (Å²) in [7, 11) is 0. The first-order valence-electron chi connectivity index (χ1n) is 10.0. The van der Waals surface area contributed by atoms with E-state index >= 15 is 0 Å². The van der Waals surface area contributed by atoms with Crippen molar-refractivity contribution < 1.29 is 18.9 Å². The van der Waals surface area contributed by atoms with Gasteiger partial charge in [0, 0.05) is 16.5 Å². The van der Waals surface area contributed by atoms with Gasteiger partial charge in [0.15, 0.2) is 0 Å². The summed E-state index contributed by atoms with van der Waals surface area (Å²) in [4.78, 5) is 0. The van der Waals surface area contributed by atoms with Crippen LogP contribution < -0.4 is 9.47 Å². The highest BCUT2D eigenvalue weighted by atomic mass is 16.5. The molecule has 0 atom stereocenters. The Kier molecular flexibility index (Phi) is 9.16. The summed E-state index contributed by atoms with van der Waals surface area (Å²) >= 11 is 0. The molecule has 0 aliphatic rings. The highest BCUT2D eigenvalue weighted by Gasteiger charge is 2.29. The first-order chi connectivity index (χ1) is 14.1. The molecule has 0 bridgehead atoms. The largest absolute Gasteiger partial charge is 0.498 e. The molecule has 4 nitrogen and oxygen atoms in total. The van der Waals surface area contributed by atoms with Crippen LogP contribution in [0, 0.1) is 0 Å². The molecule has 156 valence electrons. The maximum Gasteiger partial charge on any atom is 0.123 e. The summed E-state index contributed by atoms with van der Waals surface area (Å²) in [6, 6.07) is 16.3. The normalized spacial score (nSPS) is 11.7. The van der Waals surface area contributed by atoms with Crippen molar-refractivity contribution in [2.45, 2.75) is 33.1 Å². The lowest BCUT2D eigenvalue weighted by atomic mass is 9.77. The van der Waals surface area contributed by atoms with E-state index in [1.165, 1.54) is 0 Å². The van der Waals surface area contributed by atoms with E-state index in [0.717, 1.165) is 22.6 Å². The highest BCUT2D eigenvalue weighted by molar-refractivity contribution is 5.50. The van der Waals surface area contributed by atoms with Gasteiger partial charge in [-0.2, -0.15) is 0 Å². The van der Waals surface area contributed by atoms with Crippen molar-refractivity contribution in [3.8, 4) is 11.5 Å². The molecule has 0 radical (unpaired) electrons. The van der Waals surface area contributed by atoms with Crippen LogP contribution in [-0.2, 0) is 14.9 Å². The molecular formula is C25H32O4. The zero-order valence-electron chi connectivity index (χ0n) is 17.9. The molecule has 0 aromatic heterocycles. The molecule has 29 heavy (non-hydrogen) atoms. The Labute approximate surface area is 174 Å². The summed E-state index contributed by atoms with van der Waals surface area (Å²) in [5, 5.41) is 0. The van der Waals surface area contributed by atoms with Crippen LogP contribution in [0.2, 0.25) is 0 Å². The molecule has 0 heterocycles. The SMILES string of the molecule is CC=COCCOc1ccccc1C(C)(C)c1ccccc1OCCOC=CC. The van der Waals surface area contributed by atoms with E-state index in [1.54, 1.807) is 12.5 Å². The third kappa shape index (κ3) is 6.60. The van der Waals surface area contributed by atoms with Gasteiger partial charge in [-0.15, -0.1) is 0 Å². The minimum Gasteiger partial charge on any atom is -0.498 e. The Hall–Kier alpha value is -2.88. The maximum absolute atomic E-state index is 6.03. The Morgan fingerprint density at radius 2 is 1.07 bits per heavy atom. The van der Waals surface area contributed by atoms with E-state index in [9.17, 15) is 0 Å². The first kappa shape index (κ1) is 22.4. The van der Waals surface area contributed by atoms with Crippen molar-refractivity contribution in [1.82, 2.24) is 0 Å². The van der Waals surface area contributed by atoms with Crippen LogP contribution in [0.1, 0.15) is 38.8 Å². The fourth-order valence-corrected chi connectivity index (χ4v) is 3.09. The third-order valence-electron chi connectivity index (χ3n) is 4.50. The number of para-hydroxylation sites is 2. The molecule has 0 fully saturated rings. The topological polar surface area (TPSA) is 36.9 Å². The second-order valence-corrected chi connectivity index (χ2v) is 6.99. The molecule has 2 aromatic rings. The smallest absolute Gasteiger partial charge is 0.123 e. The molecule has 2 rings (SSSR count). The van der Waals surface area contributed by atoms with Crippen LogP contribution in [0.5, 0.6) is 11.5 Å². The second-order valence-electron chi connectivity index (χ2n) is 6.99. The van der Waals surface area contributed by atoms with Crippen LogP contribution in [0.15, 0.2) is 73.2 Å². The number of rotatable bonds is 12. The van der Waals surface area contributed by atoms with Gasteiger partial charge in [0.1, 0.15) is 37.9 Å². The van der Waals surface area contributed by atoms with Crippen molar-refractivity contribution in [3.05, 3.63) is 84.3 Å². The molecule has 0 saturated heterocycles. The van der Waals surface area contributed by atoms with Crippen LogP contribution in [0.4, 0.5) is 0 Å². The van der Waals surface area contributed by atoms with Crippen LogP contribution in [-0.4, -0.2) is 26.4 Å². The van der Waals surface area contributed by atoms with Crippen LogP contribution >= 0.6 is 0 Å². The van der Waals surface area contributed by atoms with Gasteiger partial charge in [-0.3, -0.25) is 0 Å². The predicted molar refractivity (Wildman–Crippen MR) is 118 cm³/mol. The number of allylic oxidation sites excluding steroid dienone is 2. The van der Waals surface area contributed by atoms with Crippen LogP contribution in [0.25, 0.3) is 0 Å². The lowest BCUT2D eigenvalue weighted by Gasteiger charge is -2.30. The predicted octanol–water partition coefficient (Wildman–Crippen LogP) is 5.87. The summed E-state index contributed by atoms with van der Waals surface area (Å²) in [6.07, 6.45) is 7.06. The van der Waals surface area contributed by atoms with E-state index in [4.69, 9.17) is 18.9 Å². The van der Waals surface area contributed by atoms with Crippen molar-refractivity contribution >= 4 is 0 Å². The van der Waals surface area contributed by atoms with Crippen LogP contribution in [0.3, 0.4) is 0 Å². The quantitative estimate of drug-likeness (QED) is 0.332. The summed E-state index contributed by atoms with van der Waals surface area (Å²) in [5.41, 5.74) is 1.90. The van der Waals surface area contributed by atoms with E-state index in [0.29, 0.717) is 26.4 Å². The van der Waals surface area contributed by atoms with Gasteiger partial charge in [-0.25, -0.2) is 0 Å². The van der Waals surface area contributed by atoms with E-state index in [1.807, 2.05) is 62.4 Å². The Balaban J connectivity index is 2.18. The van der Waals surface area contributed by atoms with Gasteiger partial charge in [0.25, 0.3) is 0 Å². The molecular weight excluding hydrogens is 364 g/mol. The summed E-state index contributed by atoms with van der Waals surface area (Å²) < 4.78 is 22.8. The first-order valence-corrected chi connectivity index (χ1v) is 10.0. The number of benzene rings is 2. The van der Waals surface area contributed by atoms with Gasteiger partial charge >= 0.3 is 0 Å². The third-order valence-corrected chi connectivity index (χ3v) is 4.50. The van der Waals surface area contributed by atoms with Gasteiger partial charge in [-0.1, -0.05) is 62.4 Å². The number of hydrogen-bond acceptors (Lipinski definition) is 4. The summed E-state index contributed by atoms with van der Waals surface area (Å²) in [5.74, 6) is 1.71. The Bertz CT molecular complexity index is 727. The number of ether oxygens (including phenoxy) is 4. The Morgan fingerprint density at radius 3 is 1.48 bits per heavy atom. The van der Waals surface area contributed by atoms with Crippen molar-refractivity contribution in [3.63, 3.8) is 0 Å². The molecule has 0 aliphatic heterocycles. The Morgan fingerprint density at radius 1 is 0.655 bits per heavy atom. The maximum atomic E-state index is 6.03. The molecule has 2 aromatic carbocycles.